The van der Waals surface area contributed by atoms with Gasteiger partial charge in [-0.2, -0.15) is 0 Å². The zero-order valence-corrected chi connectivity index (χ0v) is 8.98. The Balaban J connectivity index is 2.86. The Morgan fingerprint density at radius 3 is 2.92 bits per heavy atom. The minimum Gasteiger partial charge on any atom is -0.390 e. The second-order valence-corrected chi connectivity index (χ2v) is 4.64. The van der Waals surface area contributed by atoms with Gasteiger partial charge in [-0.1, -0.05) is 22.0 Å². The Kier molecular flexibility index (Phi) is 2.09. The van der Waals surface area contributed by atoms with Gasteiger partial charge >= 0.3 is 0 Å². The number of rotatable bonds is 1. The minimum atomic E-state index is 0.586. The summed E-state index contributed by atoms with van der Waals surface area (Å²) in [5, 5.41) is 1.52. The zero-order chi connectivity index (χ0) is 9.42. The highest BCUT2D eigenvalue weighted by Crippen LogP contribution is 2.33. The average Bonchev–Trinajstić information content (AvgIpc) is 2.39. The number of nitrogens with two attached hydrogens (primary N) is 1. The topological polar surface area (TPSA) is 43.1 Å². The van der Waals surface area contributed by atoms with Crippen LogP contribution in [0.5, 0.6) is 0 Å². The number of aldehydes is 1. The lowest BCUT2D eigenvalue weighted by molar-refractivity contribution is 0.112. The smallest absolute Gasteiger partial charge is 0.153 e. The van der Waals surface area contributed by atoms with Crippen molar-refractivity contribution in [3.63, 3.8) is 0 Å². The summed E-state index contributed by atoms with van der Waals surface area (Å²) in [5.41, 5.74) is 6.29. The summed E-state index contributed by atoms with van der Waals surface area (Å²) < 4.78 is 2.03. The molecule has 0 aliphatic heterocycles. The van der Waals surface area contributed by atoms with Crippen molar-refractivity contribution in [3.05, 3.63) is 28.2 Å². The number of anilines is 1. The molecule has 0 aliphatic rings. The van der Waals surface area contributed by atoms with E-state index in [-0.39, 0.29) is 0 Å². The lowest BCUT2D eigenvalue weighted by Gasteiger charge is -1.91. The van der Waals surface area contributed by atoms with E-state index in [1.54, 1.807) is 0 Å². The SMILES string of the molecule is Nc1sc2cc(Br)ccc2c1C=O. The summed E-state index contributed by atoms with van der Waals surface area (Å²) in [6.07, 6.45) is 0.808. The van der Waals surface area contributed by atoms with E-state index in [0.29, 0.717) is 10.6 Å². The van der Waals surface area contributed by atoms with Gasteiger partial charge in [0, 0.05) is 14.6 Å². The number of hydrogen-bond donors (Lipinski definition) is 1. The maximum atomic E-state index is 10.7. The highest BCUT2D eigenvalue weighted by Gasteiger charge is 2.08. The van der Waals surface area contributed by atoms with Crippen LogP contribution in [0.15, 0.2) is 22.7 Å². The molecule has 0 bridgehead atoms. The Morgan fingerprint density at radius 1 is 1.46 bits per heavy atom. The molecule has 2 nitrogen and oxygen atoms in total. The van der Waals surface area contributed by atoms with Gasteiger partial charge in [-0.15, -0.1) is 11.3 Å². The fraction of sp³-hybridized carbons (Fsp3) is 0. The van der Waals surface area contributed by atoms with Gasteiger partial charge in [0.15, 0.2) is 6.29 Å². The molecule has 0 saturated carbocycles. The molecule has 66 valence electrons. The summed E-state index contributed by atoms with van der Waals surface area (Å²) in [5.74, 6) is 0. The van der Waals surface area contributed by atoms with E-state index in [9.17, 15) is 4.79 Å². The molecule has 0 radical (unpaired) electrons. The maximum absolute atomic E-state index is 10.7. The highest BCUT2D eigenvalue weighted by atomic mass is 79.9. The first-order chi connectivity index (χ1) is 6.22. The quantitative estimate of drug-likeness (QED) is 0.797. The molecule has 13 heavy (non-hydrogen) atoms. The highest BCUT2D eigenvalue weighted by molar-refractivity contribution is 9.10. The summed E-state index contributed by atoms with van der Waals surface area (Å²) in [4.78, 5) is 10.7. The summed E-state index contributed by atoms with van der Waals surface area (Å²) in [6.45, 7) is 0. The van der Waals surface area contributed by atoms with Gasteiger partial charge in [0.1, 0.15) is 0 Å². The van der Waals surface area contributed by atoms with Crippen LogP contribution in [-0.2, 0) is 0 Å². The van der Waals surface area contributed by atoms with Crippen LogP contribution in [0.4, 0.5) is 5.00 Å². The number of halogens is 1. The summed E-state index contributed by atoms with van der Waals surface area (Å²) in [6, 6.07) is 5.76. The predicted molar refractivity (Wildman–Crippen MR) is 59.3 cm³/mol. The molecule has 0 unspecified atom stereocenters. The molecule has 0 fully saturated rings. The summed E-state index contributed by atoms with van der Waals surface area (Å²) in [7, 11) is 0. The van der Waals surface area contributed by atoms with E-state index in [4.69, 9.17) is 5.73 Å². The number of carbonyl (C=O) groups excluding carboxylic acids is 1. The second kappa shape index (κ2) is 3.12. The minimum absolute atomic E-state index is 0.586. The largest absolute Gasteiger partial charge is 0.390 e. The number of fused-ring (bicyclic) bond motifs is 1. The van der Waals surface area contributed by atoms with Gasteiger partial charge in [-0.25, -0.2) is 0 Å². The number of benzene rings is 1. The van der Waals surface area contributed by atoms with Crippen LogP contribution in [0.2, 0.25) is 0 Å². The fourth-order valence-corrected chi connectivity index (χ4v) is 2.72. The van der Waals surface area contributed by atoms with Gasteiger partial charge in [-0.05, 0) is 12.1 Å². The first-order valence-corrected chi connectivity index (χ1v) is 5.26. The van der Waals surface area contributed by atoms with Crippen LogP contribution in [-0.4, -0.2) is 6.29 Å². The van der Waals surface area contributed by atoms with Crippen molar-refractivity contribution < 1.29 is 4.79 Å². The Hall–Kier alpha value is -0.870. The molecule has 0 aliphatic carbocycles. The molecule has 4 heteroatoms. The van der Waals surface area contributed by atoms with Crippen molar-refractivity contribution in [1.29, 1.82) is 0 Å². The van der Waals surface area contributed by atoms with Gasteiger partial charge < -0.3 is 5.73 Å². The predicted octanol–water partition coefficient (Wildman–Crippen LogP) is 3.06. The maximum Gasteiger partial charge on any atom is 0.153 e. The number of thiophene rings is 1. The lowest BCUT2D eigenvalue weighted by atomic mass is 10.2. The van der Waals surface area contributed by atoms with Gasteiger partial charge in [0.05, 0.1) is 10.6 Å². The third kappa shape index (κ3) is 1.36. The molecular weight excluding hydrogens is 250 g/mol. The van der Waals surface area contributed by atoms with Crippen molar-refractivity contribution in [2.24, 2.45) is 0 Å². The van der Waals surface area contributed by atoms with E-state index < -0.39 is 0 Å². The Morgan fingerprint density at radius 2 is 2.23 bits per heavy atom. The van der Waals surface area contributed by atoms with Crippen LogP contribution < -0.4 is 5.73 Å². The molecule has 1 heterocycles. The molecule has 1 aromatic carbocycles. The Labute approximate surface area is 87.5 Å². The van der Waals surface area contributed by atoms with Crippen LogP contribution in [0, 0.1) is 0 Å². The lowest BCUT2D eigenvalue weighted by Crippen LogP contribution is -1.85. The van der Waals surface area contributed by atoms with Crippen molar-refractivity contribution in [3.8, 4) is 0 Å². The van der Waals surface area contributed by atoms with Crippen molar-refractivity contribution in [2.45, 2.75) is 0 Å². The molecule has 0 saturated heterocycles. The van der Waals surface area contributed by atoms with E-state index >= 15 is 0 Å². The molecule has 0 amide bonds. The normalized spacial score (nSPS) is 10.5. The van der Waals surface area contributed by atoms with Crippen LogP contribution >= 0.6 is 27.3 Å². The molecule has 1 aromatic heterocycles. The third-order valence-electron chi connectivity index (χ3n) is 1.84. The van der Waals surface area contributed by atoms with Crippen LogP contribution in [0.25, 0.3) is 10.1 Å². The Bertz CT molecular complexity index is 478. The number of carbonyl (C=O) groups is 1. The first kappa shape index (κ1) is 8.72. The third-order valence-corrected chi connectivity index (χ3v) is 3.33. The van der Waals surface area contributed by atoms with E-state index in [0.717, 1.165) is 20.8 Å². The second-order valence-electron chi connectivity index (χ2n) is 2.64. The van der Waals surface area contributed by atoms with Crippen molar-refractivity contribution in [2.75, 3.05) is 5.73 Å². The standard InChI is InChI=1S/C9H6BrNOS/c10-5-1-2-6-7(4-12)9(11)13-8(6)3-5/h1-4H,11H2. The molecule has 0 atom stereocenters. The average molecular weight is 256 g/mol. The number of hydrogen-bond acceptors (Lipinski definition) is 3. The van der Waals surface area contributed by atoms with Crippen molar-refractivity contribution >= 4 is 48.6 Å². The van der Waals surface area contributed by atoms with E-state index in [1.807, 2.05) is 18.2 Å². The van der Waals surface area contributed by atoms with E-state index in [1.165, 1.54) is 11.3 Å². The molecule has 0 spiro atoms. The monoisotopic (exact) mass is 255 g/mol. The van der Waals surface area contributed by atoms with Crippen LogP contribution in [0.1, 0.15) is 10.4 Å². The molecular formula is C9H6BrNOS. The number of nitrogen functional groups attached to an aromatic ring is 1. The van der Waals surface area contributed by atoms with Gasteiger partial charge in [-0.3, -0.25) is 4.79 Å². The van der Waals surface area contributed by atoms with Crippen LogP contribution in [0.3, 0.4) is 0 Å². The fourth-order valence-electron chi connectivity index (χ4n) is 1.23. The van der Waals surface area contributed by atoms with Gasteiger partial charge in [0.25, 0.3) is 0 Å². The first-order valence-electron chi connectivity index (χ1n) is 3.65. The van der Waals surface area contributed by atoms with Crippen molar-refractivity contribution in [1.82, 2.24) is 0 Å². The zero-order valence-electron chi connectivity index (χ0n) is 6.58. The molecule has 2 aromatic rings. The van der Waals surface area contributed by atoms with E-state index in [2.05, 4.69) is 15.9 Å². The van der Waals surface area contributed by atoms with Gasteiger partial charge in [0.2, 0.25) is 0 Å². The molecule has 2 N–H and O–H groups in total. The summed E-state index contributed by atoms with van der Waals surface area (Å²) >= 11 is 4.80. The molecule has 2 rings (SSSR count).